The van der Waals surface area contributed by atoms with Crippen LogP contribution in [0.4, 0.5) is 0 Å². The second-order valence-electron chi connectivity index (χ2n) is 2.99. The summed E-state index contributed by atoms with van der Waals surface area (Å²) in [6.07, 6.45) is 2.28. The fraction of sp³-hybridized carbons (Fsp3) is 1.00. The minimum absolute atomic E-state index is 0.437. The second kappa shape index (κ2) is 5.29. The van der Waals surface area contributed by atoms with Crippen LogP contribution in [-0.2, 0) is 3.07 Å². The van der Waals surface area contributed by atoms with Gasteiger partial charge >= 0.3 is 0 Å². The van der Waals surface area contributed by atoms with Gasteiger partial charge in [-0.1, -0.05) is 0 Å². The van der Waals surface area contributed by atoms with Gasteiger partial charge in [0.1, 0.15) is 23.0 Å². The maximum Gasteiger partial charge on any atom is 0.109 e. The summed E-state index contributed by atoms with van der Waals surface area (Å²) in [7, 11) is 0. The number of nitrogens with two attached hydrogens (primary N) is 1. The van der Waals surface area contributed by atoms with Crippen molar-refractivity contribution in [3.8, 4) is 0 Å². The molecule has 1 aliphatic rings. The van der Waals surface area contributed by atoms with Crippen LogP contribution in [0.25, 0.3) is 0 Å². The molecule has 3 nitrogen and oxygen atoms in total. The summed E-state index contributed by atoms with van der Waals surface area (Å²) in [6.45, 7) is 4.16. The van der Waals surface area contributed by atoms with Crippen molar-refractivity contribution >= 4 is 23.0 Å². The van der Waals surface area contributed by atoms with E-state index in [0.29, 0.717) is 6.04 Å². The number of nitrogens with zero attached hydrogens (tertiary/aromatic N) is 1. The molecule has 4 heteroatoms. The van der Waals surface area contributed by atoms with Crippen molar-refractivity contribution in [3.05, 3.63) is 0 Å². The molecule has 0 bridgehead atoms. The molecule has 0 atom stereocenters. The molecule has 1 aliphatic heterocycles. The van der Waals surface area contributed by atoms with Crippen LogP contribution in [0.3, 0.4) is 0 Å². The van der Waals surface area contributed by atoms with Crippen molar-refractivity contribution in [1.82, 2.24) is 4.90 Å². The maximum absolute atomic E-state index is 5.77. The van der Waals surface area contributed by atoms with Crippen molar-refractivity contribution in [2.24, 2.45) is 5.73 Å². The number of hydrogen-bond donors (Lipinski definition) is 1. The molecule has 0 aliphatic carbocycles. The Labute approximate surface area is 81.9 Å². The van der Waals surface area contributed by atoms with Crippen LogP contribution in [0.1, 0.15) is 12.8 Å². The van der Waals surface area contributed by atoms with Gasteiger partial charge in [0.2, 0.25) is 0 Å². The highest BCUT2D eigenvalue weighted by Crippen LogP contribution is 2.07. The summed E-state index contributed by atoms with van der Waals surface area (Å²) in [5.41, 5.74) is 5.77. The van der Waals surface area contributed by atoms with Crippen molar-refractivity contribution in [1.29, 1.82) is 0 Å². The first-order valence-corrected chi connectivity index (χ1v) is 4.92. The molecule has 1 heterocycles. The van der Waals surface area contributed by atoms with Crippen LogP contribution >= 0.6 is 23.0 Å². The molecule has 0 saturated carbocycles. The van der Waals surface area contributed by atoms with Crippen LogP contribution < -0.4 is 5.73 Å². The number of halogens is 1. The number of rotatable bonds is 3. The van der Waals surface area contributed by atoms with Crippen molar-refractivity contribution in [2.45, 2.75) is 18.9 Å². The van der Waals surface area contributed by atoms with E-state index in [0.717, 1.165) is 39.1 Å². The van der Waals surface area contributed by atoms with Gasteiger partial charge in [-0.25, -0.2) is 0 Å². The monoisotopic (exact) mass is 270 g/mol. The van der Waals surface area contributed by atoms with E-state index in [-0.39, 0.29) is 0 Å². The van der Waals surface area contributed by atoms with E-state index in [1.165, 1.54) is 0 Å². The van der Waals surface area contributed by atoms with Gasteiger partial charge in [-0.2, -0.15) is 0 Å². The Morgan fingerprint density at radius 2 is 2.09 bits per heavy atom. The van der Waals surface area contributed by atoms with Gasteiger partial charge in [0.25, 0.3) is 0 Å². The molecule has 0 spiro atoms. The molecule has 0 radical (unpaired) electrons. The van der Waals surface area contributed by atoms with Crippen molar-refractivity contribution < 1.29 is 3.07 Å². The largest absolute Gasteiger partial charge is 0.328 e. The van der Waals surface area contributed by atoms with Gasteiger partial charge in [-0.05, 0) is 25.9 Å². The minimum atomic E-state index is 0.437. The SMILES string of the molecule is NC1CCN(CCOI)CC1. The molecule has 2 N–H and O–H groups in total. The highest BCUT2D eigenvalue weighted by atomic mass is 127. The zero-order valence-electron chi connectivity index (χ0n) is 6.63. The van der Waals surface area contributed by atoms with E-state index < -0.39 is 0 Å². The van der Waals surface area contributed by atoms with Crippen LogP contribution in [0.5, 0.6) is 0 Å². The van der Waals surface area contributed by atoms with Gasteiger partial charge < -0.3 is 13.7 Å². The normalized spacial score (nSPS) is 22.4. The third kappa shape index (κ3) is 3.68. The molecule has 0 aromatic rings. The number of piperidine rings is 1. The molecule has 1 saturated heterocycles. The fourth-order valence-electron chi connectivity index (χ4n) is 1.34. The van der Waals surface area contributed by atoms with Gasteiger partial charge in [-0.15, -0.1) is 0 Å². The maximum atomic E-state index is 5.77. The average Bonchev–Trinajstić information content (AvgIpc) is 2.04. The van der Waals surface area contributed by atoms with Gasteiger partial charge in [-0.3, -0.25) is 0 Å². The molecule has 11 heavy (non-hydrogen) atoms. The van der Waals surface area contributed by atoms with E-state index in [9.17, 15) is 0 Å². The Hall–Kier alpha value is 0.610. The zero-order chi connectivity index (χ0) is 8.10. The number of hydrogen-bond acceptors (Lipinski definition) is 3. The van der Waals surface area contributed by atoms with Gasteiger partial charge in [0.15, 0.2) is 0 Å². The second-order valence-corrected chi connectivity index (χ2v) is 3.62. The molecule has 1 fully saturated rings. The van der Waals surface area contributed by atoms with E-state index >= 15 is 0 Å². The van der Waals surface area contributed by atoms with E-state index in [4.69, 9.17) is 8.80 Å². The van der Waals surface area contributed by atoms with Crippen LogP contribution in [0, 0.1) is 0 Å². The predicted molar refractivity (Wildman–Crippen MR) is 53.6 cm³/mol. The average molecular weight is 270 g/mol. The van der Waals surface area contributed by atoms with Crippen LogP contribution in [-0.4, -0.2) is 37.2 Å². The van der Waals surface area contributed by atoms with Gasteiger partial charge in [0, 0.05) is 12.6 Å². The lowest BCUT2D eigenvalue weighted by atomic mass is 10.1. The van der Waals surface area contributed by atoms with Crippen LogP contribution in [0.15, 0.2) is 0 Å². The fourth-order valence-corrected chi connectivity index (χ4v) is 1.54. The molecule has 0 amide bonds. The first-order valence-electron chi connectivity index (χ1n) is 4.04. The molecule has 0 aromatic carbocycles. The lowest BCUT2D eigenvalue weighted by Gasteiger charge is -2.29. The predicted octanol–water partition coefficient (Wildman–Crippen LogP) is 0.776. The zero-order valence-corrected chi connectivity index (χ0v) is 8.79. The molecule has 0 unspecified atom stereocenters. The minimum Gasteiger partial charge on any atom is -0.328 e. The first-order chi connectivity index (χ1) is 5.33. The van der Waals surface area contributed by atoms with E-state index in [2.05, 4.69) is 4.90 Å². The van der Waals surface area contributed by atoms with Crippen molar-refractivity contribution in [2.75, 3.05) is 26.2 Å². The smallest absolute Gasteiger partial charge is 0.109 e. The summed E-state index contributed by atoms with van der Waals surface area (Å²) in [5, 5.41) is 0. The number of likely N-dealkylation sites (tertiary alicyclic amines) is 1. The Bertz CT molecular complexity index is 102. The third-order valence-electron chi connectivity index (χ3n) is 2.12. The van der Waals surface area contributed by atoms with Gasteiger partial charge in [0.05, 0.1) is 6.61 Å². The Kier molecular flexibility index (Phi) is 4.66. The summed E-state index contributed by atoms with van der Waals surface area (Å²) < 4.78 is 4.97. The molecule has 0 aromatic heterocycles. The third-order valence-corrected chi connectivity index (χ3v) is 2.56. The Balaban J connectivity index is 2.07. The Morgan fingerprint density at radius 3 is 2.64 bits per heavy atom. The lowest BCUT2D eigenvalue weighted by Crippen LogP contribution is -2.40. The van der Waals surface area contributed by atoms with Crippen LogP contribution in [0.2, 0.25) is 0 Å². The summed E-state index contributed by atoms with van der Waals surface area (Å²) in [6, 6.07) is 0.437. The summed E-state index contributed by atoms with van der Waals surface area (Å²) in [5.74, 6) is 0. The molecular formula is C7H15IN2O. The van der Waals surface area contributed by atoms with E-state index in [1.807, 2.05) is 23.0 Å². The van der Waals surface area contributed by atoms with Crippen molar-refractivity contribution in [3.63, 3.8) is 0 Å². The topological polar surface area (TPSA) is 38.5 Å². The Morgan fingerprint density at radius 1 is 1.45 bits per heavy atom. The lowest BCUT2D eigenvalue weighted by molar-refractivity contribution is 0.191. The van der Waals surface area contributed by atoms with E-state index in [1.54, 1.807) is 0 Å². The first kappa shape index (κ1) is 9.70. The summed E-state index contributed by atoms with van der Waals surface area (Å²) >= 11 is 1.94. The standard InChI is InChI=1S/C7H15IN2O/c8-11-6-5-10-3-1-7(9)2-4-10/h7H,1-6,9H2. The summed E-state index contributed by atoms with van der Waals surface area (Å²) in [4.78, 5) is 2.40. The highest BCUT2D eigenvalue weighted by molar-refractivity contribution is 14.1. The molecule has 1 rings (SSSR count). The molecular weight excluding hydrogens is 255 g/mol. The molecule has 66 valence electrons. The highest BCUT2D eigenvalue weighted by Gasteiger charge is 2.14. The quantitative estimate of drug-likeness (QED) is 0.770.